The van der Waals surface area contributed by atoms with Crippen LogP contribution in [0.15, 0.2) is 35.5 Å². The fourth-order valence-electron chi connectivity index (χ4n) is 0.895. The molecule has 0 fully saturated rings. The first kappa shape index (κ1) is 12.2. The van der Waals surface area contributed by atoms with Crippen LogP contribution in [0.4, 0.5) is 4.79 Å². The van der Waals surface area contributed by atoms with Crippen LogP contribution in [0.2, 0.25) is 0 Å². The summed E-state index contributed by atoms with van der Waals surface area (Å²) in [5.74, 6) is 0. The van der Waals surface area contributed by atoms with E-state index in [0.29, 0.717) is 5.71 Å². The Balaban J connectivity index is 2.31. The number of nitrogens with two attached hydrogens (primary N) is 1. The second-order valence-corrected chi connectivity index (χ2v) is 3.15. The van der Waals surface area contributed by atoms with E-state index in [2.05, 4.69) is 9.99 Å². The molecule has 0 saturated heterocycles. The van der Waals surface area contributed by atoms with Gasteiger partial charge < -0.3 is 10.5 Å². The monoisotopic (exact) mass is 222 g/mol. The van der Waals surface area contributed by atoms with Crippen molar-refractivity contribution in [2.75, 3.05) is 6.54 Å². The standard InChI is InChI=1S/C11H14N2O3/c1-9(7-12)13-16-11(14)15-8-10-5-3-2-4-6-10/h2-6H,7-8,12H2,1H3/b13-9+. The van der Waals surface area contributed by atoms with E-state index in [4.69, 9.17) is 10.5 Å². The molecule has 0 unspecified atom stereocenters. The number of nitrogens with zero attached hydrogens (tertiary/aromatic N) is 1. The molecule has 5 nitrogen and oxygen atoms in total. The van der Waals surface area contributed by atoms with Gasteiger partial charge in [0.2, 0.25) is 0 Å². The van der Waals surface area contributed by atoms with E-state index in [9.17, 15) is 4.79 Å². The van der Waals surface area contributed by atoms with Crippen LogP contribution >= 0.6 is 0 Å². The van der Waals surface area contributed by atoms with Crippen LogP contribution in [-0.4, -0.2) is 18.4 Å². The van der Waals surface area contributed by atoms with Gasteiger partial charge in [0.05, 0.1) is 5.71 Å². The van der Waals surface area contributed by atoms with E-state index in [0.717, 1.165) is 5.56 Å². The van der Waals surface area contributed by atoms with Gasteiger partial charge in [-0.05, 0) is 12.5 Å². The molecule has 0 aliphatic carbocycles. The third kappa shape index (κ3) is 4.56. The molecule has 86 valence electrons. The van der Waals surface area contributed by atoms with Crippen LogP contribution in [-0.2, 0) is 16.2 Å². The van der Waals surface area contributed by atoms with Crippen LogP contribution in [0.1, 0.15) is 12.5 Å². The molecule has 1 aromatic carbocycles. The number of ether oxygens (including phenoxy) is 1. The molecular formula is C11H14N2O3. The molecule has 0 amide bonds. The molecule has 0 aliphatic rings. The smallest absolute Gasteiger partial charge is 0.428 e. The minimum absolute atomic E-state index is 0.164. The highest BCUT2D eigenvalue weighted by Gasteiger charge is 2.03. The molecule has 0 radical (unpaired) electrons. The summed E-state index contributed by atoms with van der Waals surface area (Å²) in [6, 6.07) is 9.31. The second kappa shape index (κ2) is 6.58. The quantitative estimate of drug-likeness (QED) is 0.364. The molecule has 1 aromatic rings. The Morgan fingerprint density at radius 3 is 2.69 bits per heavy atom. The molecule has 0 aliphatic heterocycles. The highest BCUT2D eigenvalue weighted by Crippen LogP contribution is 2.01. The zero-order valence-corrected chi connectivity index (χ0v) is 9.05. The maximum absolute atomic E-state index is 11.0. The highest BCUT2D eigenvalue weighted by atomic mass is 16.8. The fourth-order valence-corrected chi connectivity index (χ4v) is 0.895. The van der Waals surface area contributed by atoms with E-state index in [1.807, 2.05) is 30.3 Å². The average Bonchev–Trinajstić information content (AvgIpc) is 2.34. The summed E-state index contributed by atoms with van der Waals surface area (Å²) in [6.07, 6.45) is -0.836. The number of rotatable bonds is 4. The van der Waals surface area contributed by atoms with E-state index >= 15 is 0 Å². The van der Waals surface area contributed by atoms with Crippen molar-refractivity contribution in [2.45, 2.75) is 13.5 Å². The number of hydrogen-bond acceptors (Lipinski definition) is 5. The maximum atomic E-state index is 11.0. The summed E-state index contributed by atoms with van der Waals surface area (Å²) in [7, 11) is 0. The van der Waals surface area contributed by atoms with Crippen molar-refractivity contribution in [3.63, 3.8) is 0 Å². The topological polar surface area (TPSA) is 73.9 Å². The van der Waals surface area contributed by atoms with Crippen molar-refractivity contribution in [3.05, 3.63) is 35.9 Å². The van der Waals surface area contributed by atoms with Crippen LogP contribution < -0.4 is 5.73 Å². The molecule has 0 bridgehead atoms. The molecule has 0 aromatic heterocycles. The Kier molecular flexibility index (Phi) is 5.01. The predicted octanol–water partition coefficient (Wildman–Crippen LogP) is 1.67. The van der Waals surface area contributed by atoms with E-state index in [1.54, 1.807) is 6.92 Å². The summed E-state index contributed by atoms with van der Waals surface area (Å²) in [4.78, 5) is 15.5. The second-order valence-electron chi connectivity index (χ2n) is 3.15. The minimum Gasteiger partial charge on any atom is -0.428 e. The summed E-state index contributed by atoms with van der Waals surface area (Å²) in [5.41, 5.74) is 6.67. The van der Waals surface area contributed by atoms with Gasteiger partial charge in [0.1, 0.15) is 6.61 Å². The molecule has 0 atom stereocenters. The number of oxime groups is 1. The van der Waals surface area contributed by atoms with Gasteiger partial charge in [0.25, 0.3) is 0 Å². The Hall–Kier alpha value is -1.88. The Labute approximate surface area is 93.8 Å². The average molecular weight is 222 g/mol. The lowest BCUT2D eigenvalue weighted by atomic mass is 10.2. The van der Waals surface area contributed by atoms with E-state index < -0.39 is 6.16 Å². The maximum Gasteiger partial charge on any atom is 0.535 e. The Morgan fingerprint density at radius 1 is 1.38 bits per heavy atom. The van der Waals surface area contributed by atoms with Gasteiger partial charge in [-0.3, -0.25) is 4.84 Å². The van der Waals surface area contributed by atoms with Crippen molar-refractivity contribution in [1.82, 2.24) is 0 Å². The van der Waals surface area contributed by atoms with Crippen LogP contribution in [0.3, 0.4) is 0 Å². The highest BCUT2D eigenvalue weighted by molar-refractivity contribution is 5.83. The summed E-state index contributed by atoms with van der Waals surface area (Å²) in [6.45, 7) is 2.06. The van der Waals surface area contributed by atoms with Crippen molar-refractivity contribution >= 4 is 11.9 Å². The lowest BCUT2D eigenvalue weighted by Crippen LogP contribution is -2.12. The normalized spacial score (nSPS) is 11.0. The van der Waals surface area contributed by atoms with Crippen LogP contribution in [0.5, 0.6) is 0 Å². The number of benzene rings is 1. The van der Waals surface area contributed by atoms with Crippen LogP contribution in [0.25, 0.3) is 0 Å². The molecule has 2 N–H and O–H groups in total. The van der Waals surface area contributed by atoms with Gasteiger partial charge in [-0.25, -0.2) is 4.79 Å². The molecule has 0 spiro atoms. The lowest BCUT2D eigenvalue weighted by molar-refractivity contribution is 0.0518. The van der Waals surface area contributed by atoms with Gasteiger partial charge in [-0.15, -0.1) is 0 Å². The summed E-state index contributed by atoms with van der Waals surface area (Å²) in [5, 5.41) is 3.47. The number of carbonyl (C=O) groups excluding carboxylic acids is 1. The molecule has 16 heavy (non-hydrogen) atoms. The largest absolute Gasteiger partial charge is 0.535 e. The first-order valence-electron chi connectivity index (χ1n) is 4.83. The Morgan fingerprint density at radius 2 is 2.06 bits per heavy atom. The van der Waals surface area contributed by atoms with Crippen LogP contribution in [0, 0.1) is 0 Å². The molecular weight excluding hydrogens is 208 g/mol. The van der Waals surface area contributed by atoms with Gasteiger partial charge in [-0.1, -0.05) is 35.5 Å². The third-order valence-electron chi connectivity index (χ3n) is 1.77. The van der Waals surface area contributed by atoms with E-state index in [1.165, 1.54) is 0 Å². The van der Waals surface area contributed by atoms with Crippen molar-refractivity contribution in [3.8, 4) is 0 Å². The third-order valence-corrected chi connectivity index (χ3v) is 1.77. The van der Waals surface area contributed by atoms with Crippen molar-refractivity contribution < 1.29 is 14.4 Å². The first-order valence-corrected chi connectivity index (χ1v) is 4.83. The molecule has 5 heteroatoms. The minimum atomic E-state index is -0.836. The molecule has 0 heterocycles. The molecule has 0 saturated carbocycles. The first-order chi connectivity index (χ1) is 7.72. The summed E-state index contributed by atoms with van der Waals surface area (Å²) >= 11 is 0. The zero-order valence-electron chi connectivity index (χ0n) is 9.05. The number of hydrogen-bond donors (Lipinski definition) is 1. The zero-order chi connectivity index (χ0) is 11.8. The van der Waals surface area contributed by atoms with Crippen molar-refractivity contribution in [1.29, 1.82) is 0 Å². The van der Waals surface area contributed by atoms with Gasteiger partial charge in [-0.2, -0.15) is 0 Å². The fraction of sp³-hybridized carbons (Fsp3) is 0.273. The Bertz CT molecular complexity index is 363. The summed E-state index contributed by atoms with van der Waals surface area (Å²) < 4.78 is 4.81. The van der Waals surface area contributed by atoms with Crippen molar-refractivity contribution in [2.24, 2.45) is 10.9 Å². The SMILES string of the molecule is C/C(CN)=N\OC(=O)OCc1ccccc1. The van der Waals surface area contributed by atoms with Gasteiger partial charge in [0, 0.05) is 6.54 Å². The lowest BCUT2D eigenvalue weighted by Gasteiger charge is -2.02. The predicted molar refractivity (Wildman–Crippen MR) is 59.9 cm³/mol. The number of carbonyl (C=O) groups is 1. The van der Waals surface area contributed by atoms with E-state index in [-0.39, 0.29) is 13.2 Å². The molecule has 1 rings (SSSR count). The van der Waals surface area contributed by atoms with Gasteiger partial charge in [0.15, 0.2) is 0 Å². The van der Waals surface area contributed by atoms with Gasteiger partial charge >= 0.3 is 6.16 Å².